The highest BCUT2D eigenvalue weighted by molar-refractivity contribution is 5.71. The molecule has 1 aromatic carbocycles. The maximum absolute atomic E-state index is 11.5. The van der Waals surface area contributed by atoms with E-state index in [2.05, 4.69) is 46.8 Å². The van der Waals surface area contributed by atoms with Gasteiger partial charge < -0.3 is 14.2 Å². The predicted octanol–water partition coefficient (Wildman–Crippen LogP) is 5.56. The van der Waals surface area contributed by atoms with Crippen molar-refractivity contribution < 1.29 is 19.0 Å². The lowest BCUT2D eigenvalue weighted by molar-refractivity contribution is -0.161. The maximum Gasteiger partial charge on any atom is 0.346 e. The normalized spacial score (nSPS) is 11.7. The van der Waals surface area contributed by atoms with Gasteiger partial charge in [0.2, 0.25) is 0 Å². The zero-order chi connectivity index (χ0) is 19.2. The third-order valence-corrected chi connectivity index (χ3v) is 3.25. The third kappa shape index (κ3) is 12.5. The standard InChI is InChI=1S/C18H28O4.C3H8/c1-13(2)10-15(5)16-6-8-17(9-7-16)20-11-18(19)22-12-21-14(3)4;1-3-2/h6-9,13-15H,10-12H2,1-5H3;3H2,1-2H3. The highest BCUT2D eigenvalue weighted by Gasteiger charge is 2.09. The fourth-order valence-electron chi connectivity index (χ4n) is 2.16. The molecule has 1 rings (SSSR count). The summed E-state index contributed by atoms with van der Waals surface area (Å²) in [6, 6.07) is 7.89. The fraction of sp³-hybridized carbons (Fsp3) is 0.667. The van der Waals surface area contributed by atoms with E-state index >= 15 is 0 Å². The topological polar surface area (TPSA) is 44.8 Å². The molecule has 4 nitrogen and oxygen atoms in total. The van der Waals surface area contributed by atoms with E-state index in [0.717, 1.165) is 6.42 Å². The summed E-state index contributed by atoms with van der Waals surface area (Å²) in [4.78, 5) is 11.5. The first-order valence-electron chi connectivity index (χ1n) is 9.30. The smallest absolute Gasteiger partial charge is 0.346 e. The molecule has 0 aliphatic rings. The Kier molecular flexibility index (Phi) is 12.9. The van der Waals surface area contributed by atoms with Crippen molar-refractivity contribution in [2.45, 2.75) is 73.3 Å². The van der Waals surface area contributed by atoms with Crippen molar-refractivity contribution in [2.24, 2.45) is 5.92 Å². The minimum atomic E-state index is -0.432. The molecule has 0 amide bonds. The summed E-state index contributed by atoms with van der Waals surface area (Å²) in [5.41, 5.74) is 1.29. The van der Waals surface area contributed by atoms with Crippen LogP contribution in [0.25, 0.3) is 0 Å². The average Bonchev–Trinajstić information content (AvgIpc) is 2.53. The van der Waals surface area contributed by atoms with Crippen LogP contribution < -0.4 is 4.74 Å². The number of rotatable bonds is 9. The van der Waals surface area contributed by atoms with Crippen molar-refractivity contribution in [1.29, 1.82) is 0 Å². The molecule has 0 bridgehead atoms. The predicted molar refractivity (Wildman–Crippen MR) is 103 cm³/mol. The molecule has 144 valence electrons. The maximum atomic E-state index is 11.5. The van der Waals surface area contributed by atoms with Gasteiger partial charge in [0.25, 0.3) is 0 Å². The van der Waals surface area contributed by atoms with E-state index in [9.17, 15) is 4.79 Å². The average molecular weight is 353 g/mol. The van der Waals surface area contributed by atoms with Crippen LogP contribution in [0.4, 0.5) is 0 Å². The van der Waals surface area contributed by atoms with Crippen LogP contribution in [0.15, 0.2) is 24.3 Å². The Morgan fingerprint density at radius 1 is 1.00 bits per heavy atom. The van der Waals surface area contributed by atoms with E-state index in [1.807, 2.05) is 26.0 Å². The minimum absolute atomic E-state index is 0.0362. The molecule has 25 heavy (non-hydrogen) atoms. The molecule has 0 fully saturated rings. The number of ether oxygens (including phenoxy) is 3. The first kappa shape index (κ1) is 23.4. The summed E-state index contributed by atoms with van der Waals surface area (Å²) in [5.74, 6) is 1.43. The van der Waals surface area contributed by atoms with Crippen LogP contribution in [-0.2, 0) is 14.3 Å². The van der Waals surface area contributed by atoms with E-state index in [4.69, 9.17) is 14.2 Å². The van der Waals surface area contributed by atoms with Crippen LogP contribution in [0, 0.1) is 5.92 Å². The van der Waals surface area contributed by atoms with E-state index in [0.29, 0.717) is 17.6 Å². The van der Waals surface area contributed by atoms with Gasteiger partial charge in [-0.05, 0) is 49.8 Å². The molecule has 4 heteroatoms. The van der Waals surface area contributed by atoms with Crippen molar-refractivity contribution in [3.63, 3.8) is 0 Å². The monoisotopic (exact) mass is 352 g/mol. The molecule has 1 atom stereocenters. The molecule has 0 radical (unpaired) electrons. The van der Waals surface area contributed by atoms with E-state index in [1.165, 1.54) is 12.0 Å². The van der Waals surface area contributed by atoms with Gasteiger partial charge in [0, 0.05) is 0 Å². The molecule has 0 spiro atoms. The van der Waals surface area contributed by atoms with Crippen molar-refractivity contribution in [1.82, 2.24) is 0 Å². The second kappa shape index (κ2) is 13.7. The lowest BCUT2D eigenvalue weighted by atomic mass is 9.92. The van der Waals surface area contributed by atoms with E-state index in [1.54, 1.807) is 0 Å². The number of benzene rings is 1. The molecular weight excluding hydrogens is 316 g/mol. The quantitative estimate of drug-likeness (QED) is 0.431. The Hall–Kier alpha value is -1.55. The van der Waals surface area contributed by atoms with Gasteiger partial charge in [-0.3, -0.25) is 0 Å². The van der Waals surface area contributed by atoms with Gasteiger partial charge in [0.1, 0.15) is 5.75 Å². The lowest BCUT2D eigenvalue weighted by Crippen LogP contribution is -2.18. The molecule has 0 aliphatic carbocycles. The molecule has 0 aliphatic heterocycles. The van der Waals surface area contributed by atoms with Gasteiger partial charge in [-0.15, -0.1) is 0 Å². The van der Waals surface area contributed by atoms with E-state index < -0.39 is 5.97 Å². The molecule has 0 N–H and O–H groups in total. The Morgan fingerprint density at radius 2 is 1.56 bits per heavy atom. The molecular formula is C21H36O4. The van der Waals surface area contributed by atoms with Gasteiger partial charge in [0.05, 0.1) is 6.10 Å². The van der Waals surface area contributed by atoms with Gasteiger partial charge in [-0.2, -0.15) is 0 Å². The molecule has 1 unspecified atom stereocenters. The summed E-state index contributed by atoms with van der Waals surface area (Å²) in [6.45, 7) is 14.5. The van der Waals surface area contributed by atoms with E-state index in [-0.39, 0.29) is 19.5 Å². The van der Waals surface area contributed by atoms with Gasteiger partial charge in [0.15, 0.2) is 13.4 Å². The lowest BCUT2D eigenvalue weighted by Gasteiger charge is -2.15. The van der Waals surface area contributed by atoms with Crippen LogP contribution in [0.5, 0.6) is 5.75 Å². The van der Waals surface area contributed by atoms with Crippen molar-refractivity contribution >= 4 is 5.97 Å². The van der Waals surface area contributed by atoms with Crippen molar-refractivity contribution in [3.8, 4) is 5.75 Å². The fourth-order valence-corrected chi connectivity index (χ4v) is 2.16. The Morgan fingerprint density at radius 3 is 2.04 bits per heavy atom. The summed E-state index contributed by atoms with van der Waals surface area (Å²) in [7, 11) is 0. The third-order valence-electron chi connectivity index (χ3n) is 3.25. The number of esters is 1. The highest BCUT2D eigenvalue weighted by atomic mass is 16.7. The summed E-state index contributed by atoms with van der Waals surface area (Å²) in [5, 5.41) is 0. The number of carbonyl (C=O) groups excluding carboxylic acids is 1. The zero-order valence-corrected chi connectivity index (χ0v) is 17.0. The highest BCUT2D eigenvalue weighted by Crippen LogP contribution is 2.24. The van der Waals surface area contributed by atoms with Gasteiger partial charge in [-0.25, -0.2) is 4.79 Å². The van der Waals surface area contributed by atoms with Crippen LogP contribution in [0.1, 0.15) is 72.8 Å². The van der Waals surface area contributed by atoms with Gasteiger partial charge >= 0.3 is 5.97 Å². The Balaban J connectivity index is 0.00000178. The van der Waals surface area contributed by atoms with Crippen LogP contribution >= 0.6 is 0 Å². The Bertz CT molecular complexity index is 451. The van der Waals surface area contributed by atoms with Gasteiger partial charge in [-0.1, -0.05) is 53.2 Å². The minimum Gasteiger partial charge on any atom is -0.482 e. The number of carbonyl (C=O) groups is 1. The van der Waals surface area contributed by atoms with Crippen molar-refractivity contribution in [2.75, 3.05) is 13.4 Å². The molecule has 1 aromatic rings. The second-order valence-corrected chi connectivity index (χ2v) is 6.95. The first-order valence-corrected chi connectivity index (χ1v) is 9.30. The SMILES string of the molecule is CC(C)CC(C)c1ccc(OCC(=O)OCOC(C)C)cc1.CCC. The molecule has 0 aromatic heterocycles. The number of hydrogen-bond acceptors (Lipinski definition) is 4. The van der Waals surface area contributed by atoms with Crippen LogP contribution in [0.2, 0.25) is 0 Å². The summed E-state index contributed by atoms with van der Waals surface area (Å²) >= 11 is 0. The molecule has 0 saturated heterocycles. The zero-order valence-electron chi connectivity index (χ0n) is 17.0. The Labute approximate surface area is 153 Å². The largest absolute Gasteiger partial charge is 0.482 e. The summed E-state index contributed by atoms with van der Waals surface area (Å²) < 4.78 is 15.4. The van der Waals surface area contributed by atoms with Crippen molar-refractivity contribution in [3.05, 3.63) is 29.8 Å². The molecule has 0 saturated carbocycles. The van der Waals surface area contributed by atoms with Crippen LogP contribution in [0.3, 0.4) is 0 Å². The van der Waals surface area contributed by atoms with Crippen LogP contribution in [-0.4, -0.2) is 25.5 Å². The first-order chi connectivity index (χ1) is 11.8. The number of hydrogen-bond donors (Lipinski definition) is 0. The second-order valence-electron chi connectivity index (χ2n) is 6.95. The summed E-state index contributed by atoms with van der Waals surface area (Å²) in [6.07, 6.45) is 2.44. The molecule has 0 heterocycles.